The summed E-state index contributed by atoms with van der Waals surface area (Å²) in [4.78, 5) is 26.0. The molecule has 5 rings (SSSR count). The summed E-state index contributed by atoms with van der Waals surface area (Å²) in [5.74, 6) is -0.870. The molecule has 7 heteroatoms. The molecule has 0 aliphatic carbocycles. The molecule has 0 bridgehead atoms. The van der Waals surface area contributed by atoms with Crippen LogP contribution in [0.4, 0.5) is 4.39 Å². The highest BCUT2D eigenvalue weighted by atomic mass is 32.1. The van der Waals surface area contributed by atoms with Gasteiger partial charge in [-0.15, -0.1) is 11.3 Å². The van der Waals surface area contributed by atoms with Gasteiger partial charge in [-0.1, -0.05) is 42.5 Å². The Bertz CT molecular complexity index is 1560. The van der Waals surface area contributed by atoms with E-state index in [0.29, 0.717) is 26.8 Å². The lowest BCUT2D eigenvalue weighted by atomic mass is 10.1. The molecule has 0 spiro atoms. The van der Waals surface area contributed by atoms with E-state index >= 15 is 0 Å². The molecule has 5 aromatic rings. The molecule has 0 aliphatic rings. The van der Waals surface area contributed by atoms with E-state index in [1.54, 1.807) is 54.6 Å². The standard InChI is InChI=1S/C28H19FO5S/c1-32-16-19-26-20(29)9-6-12-25(26)35-27(19)28(31)34-22-10-4-2-7-17(22)13-14-21(30)24-15-18-8-3-5-11-23(18)33-24/h2-15H,16H2,1H3/b14-13+. The van der Waals surface area contributed by atoms with E-state index in [0.717, 1.165) is 16.7 Å². The minimum absolute atomic E-state index is 0.0684. The van der Waals surface area contributed by atoms with Crippen LogP contribution in [0.15, 0.2) is 83.3 Å². The number of fused-ring (bicyclic) bond motifs is 2. The van der Waals surface area contributed by atoms with E-state index in [9.17, 15) is 14.0 Å². The zero-order valence-corrected chi connectivity index (χ0v) is 19.4. The topological polar surface area (TPSA) is 65.7 Å². The number of para-hydroxylation sites is 2. The number of benzene rings is 3. The van der Waals surface area contributed by atoms with E-state index in [-0.39, 0.29) is 28.8 Å². The zero-order chi connectivity index (χ0) is 24.4. The maximum atomic E-state index is 14.5. The van der Waals surface area contributed by atoms with Crippen LogP contribution in [-0.4, -0.2) is 18.9 Å². The third-order valence-corrected chi connectivity index (χ3v) is 6.62. The molecule has 0 saturated carbocycles. The third-order valence-electron chi connectivity index (χ3n) is 5.44. The number of thiophene rings is 1. The summed E-state index contributed by atoms with van der Waals surface area (Å²) in [5.41, 5.74) is 1.61. The number of carbonyl (C=O) groups excluding carboxylic acids is 2. The third kappa shape index (κ3) is 4.51. The van der Waals surface area contributed by atoms with Crippen molar-refractivity contribution in [2.45, 2.75) is 6.61 Å². The van der Waals surface area contributed by atoms with Crippen LogP contribution in [0.1, 0.15) is 31.4 Å². The summed E-state index contributed by atoms with van der Waals surface area (Å²) in [6.07, 6.45) is 2.94. The van der Waals surface area contributed by atoms with Crippen LogP contribution in [-0.2, 0) is 11.3 Å². The molecule has 0 saturated heterocycles. The maximum Gasteiger partial charge on any atom is 0.354 e. The van der Waals surface area contributed by atoms with Gasteiger partial charge in [0, 0.05) is 33.7 Å². The van der Waals surface area contributed by atoms with Crippen LogP contribution >= 0.6 is 11.3 Å². The number of ketones is 1. The molecule has 0 amide bonds. The Morgan fingerprint density at radius 1 is 1.03 bits per heavy atom. The first kappa shape index (κ1) is 22.7. The van der Waals surface area contributed by atoms with Crippen molar-refractivity contribution in [3.63, 3.8) is 0 Å². The fourth-order valence-electron chi connectivity index (χ4n) is 3.82. The van der Waals surface area contributed by atoms with Crippen molar-refractivity contribution in [1.29, 1.82) is 0 Å². The molecule has 35 heavy (non-hydrogen) atoms. The molecule has 2 aromatic heterocycles. The number of methoxy groups -OCH3 is 1. The summed E-state index contributed by atoms with van der Waals surface area (Å²) in [7, 11) is 1.48. The van der Waals surface area contributed by atoms with E-state index in [4.69, 9.17) is 13.9 Å². The Morgan fingerprint density at radius 2 is 1.83 bits per heavy atom. The summed E-state index contributed by atoms with van der Waals surface area (Å²) >= 11 is 1.15. The van der Waals surface area contributed by atoms with Crippen molar-refractivity contribution in [1.82, 2.24) is 0 Å². The Kier molecular flexibility index (Phi) is 6.27. The average molecular weight is 487 g/mol. The Morgan fingerprint density at radius 3 is 2.66 bits per heavy atom. The van der Waals surface area contributed by atoms with Crippen LogP contribution in [0.5, 0.6) is 5.75 Å². The van der Waals surface area contributed by atoms with Crippen molar-refractivity contribution in [2.24, 2.45) is 0 Å². The van der Waals surface area contributed by atoms with E-state index < -0.39 is 11.8 Å². The average Bonchev–Trinajstić information content (AvgIpc) is 3.46. The van der Waals surface area contributed by atoms with Gasteiger partial charge in [0.05, 0.1) is 6.61 Å². The number of ether oxygens (including phenoxy) is 2. The number of furan rings is 1. The number of hydrogen-bond acceptors (Lipinski definition) is 6. The lowest BCUT2D eigenvalue weighted by molar-refractivity contribution is 0.0735. The normalized spacial score (nSPS) is 11.5. The first-order chi connectivity index (χ1) is 17.0. The number of carbonyl (C=O) groups is 2. The van der Waals surface area contributed by atoms with Crippen LogP contribution in [0.25, 0.3) is 27.1 Å². The SMILES string of the molecule is COCc1c(C(=O)Oc2ccccc2/C=C/C(=O)c2cc3ccccc3o2)sc2cccc(F)c12. The summed E-state index contributed by atoms with van der Waals surface area (Å²) < 4.78 is 31.6. The van der Waals surface area contributed by atoms with Crippen molar-refractivity contribution in [3.05, 3.63) is 106 Å². The highest BCUT2D eigenvalue weighted by Crippen LogP contribution is 2.35. The monoisotopic (exact) mass is 486 g/mol. The largest absolute Gasteiger partial charge is 0.453 e. The summed E-state index contributed by atoms with van der Waals surface area (Å²) in [5, 5.41) is 1.20. The number of esters is 1. The minimum Gasteiger partial charge on any atom is -0.453 e. The maximum absolute atomic E-state index is 14.5. The van der Waals surface area contributed by atoms with E-state index in [2.05, 4.69) is 0 Å². The van der Waals surface area contributed by atoms with Gasteiger partial charge in [-0.2, -0.15) is 0 Å². The fraction of sp³-hybridized carbons (Fsp3) is 0.0714. The molecular formula is C28H19FO5S. The first-order valence-corrected chi connectivity index (χ1v) is 11.6. The van der Waals surface area contributed by atoms with Gasteiger partial charge in [-0.05, 0) is 42.5 Å². The molecule has 5 nitrogen and oxygen atoms in total. The predicted molar refractivity (Wildman–Crippen MR) is 133 cm³/mol. The van der Waals surface area contributed by atoms with Crippen LogP contribution in [0, 0.1) is 5.82 Å². The molecule has 174 valence electrons. The van der Waals surface area contributed by atoms with Gasteiger partial charge in [0.15, 0.2) is 5.76 Å². The van der Waals surface area contributed by atoms with Gasteiger partial charge in [-0.3, -0.25) is 4.79 Å². The number of rotatable bonds is 7. The predicted octanol–water partition coefficient (Wildman–Crippen LogP) is 7.05. The van der Waals surface area contributed by atoms with Crippen molar-refractivity contribution in [3.8, 4) is 5.75 Å². The summed E-state index contributed by atoms with van der Waals surface area (Å²) in [6, 6.07) is 20.6. The quantitative estimate of drug-likeness (QED) is 0.107. The smallest absolute Gasteiger partial charge is 0.354 e. The number of halogens is 1. The highest BCUT2D eigenvalue weighted by molar-refractivity contribution is 7.21. The Hall–Kier alpha value is -4.07. The van der Waals surface area contributed by atoms with Gasteiger partial charge >= 0.3 is 5.97 Å². The van der Waals surface area contributed by atoms with Gasteiger partial charge in [0.2, 0.25) is 5.78 Å². The molecular weight excluding hydrogens is 467 g/mol. The lowest BCUT2D eigenvalue weighted by Crippen LogP contribution is -2.10. The second kappa shape index (κ2) is 9.66. The second-order valence-corrected chi connectivity index (χ2v) is 8.78. The molecule has 0 unspecified atom stereocenters. The molecule has 0 atom stereocenters. The molecule has 0 aliphatic heterocycles. The Labute approximate surface area is 204 Å². The van der Waals surface area contributed by atoms with Gasteiger partial charge in [0.1, 0.15) is 22.0 Å². The van der Waals surface area contributed by atoms with Crippen LogP contribution < -0.4 is 4.74 Å². The summed E-state index contributed by atoms with van der Waals surface area (Å²) in [6.45, 7) is 0.0684. The van der Waals surface area contributed by atoms with E-state index in [1.807, 2.05) is 18.2 Å². The molecule has 0 fully saturated rings. The second-order valence-electron chi connectivity index (χ2n) is 7.73. The molecule has 0 N–H and O–H groups in total. The van der Waals surface area contributed by atoms with Crippen molar-refractivity contribution >= 4 is 50.2 Å². The fourth-order valence-corrected chi connectivity index (χ4v) is 4.92. The molecule has 2 heterocycles. The van der Waals surface area contributed by atoms with Gasteiger partial charge in [0.25, 0.3) is 0 Å². The molecule has 3 aromatic carbocycles. The van der Waals surface area contributed by atoms with Gasteiger partial charge < -0.3 is 13.9 Å². The highest BCUT2D eigenvalue weighted by Gasteiger charge is 2.23. The lowest BCUT2D eigenvalue weighted by Gasteiger charge is -2.08. The van der Waals surface area contributed by atoms with Crippen molar-refractivity contribution < 1.29 is 27.9 Å². The van der Waals surface area contributed by atoms with Crippen LogP contribution in [0.3, 0.4) is 0 Å². The minimum atomic E-state index is -0.623. The Balaban J connectivity index is 1.42. The van der Waals surface area contributed by atoms with Crippen molar-refractivity contribution in [2.75, 3.05) is 7.11 Å². The number of allylic oxidation sites excluding steroid dienone is 1. The van der Waals surface area contributed by atoms with Crippen LogP contribution in [0.2, 0.25) is 0 Å². The first-order valence-electron chi connectivity index (χ1n) is 10.8. The molecule has 0 radical (unpaired) electrons. The van der Waals surface area contributed by atoms with Gasteiger partial charge in [-0.25, -0.2) is 9.18 Å². The number of hydrogen-bond donors (Lipinski definition) is 0. The zero-order valence-electron chi connectivity index (χ0n) is 18.6. The van der Waals surface area contributed by atoms with E-state index in [1.165, 1.54) is 19.3 Å².